The van der Waals surface area contributed by atoms with E-state index in [1.54, 1.807) is 0 Å². The van der Waals surface area contributed by atoms with Crippen LogP contribution in [0.4, 0.5) is 0 Å². The summed E-state index contributed by atoms with van der Waals surface area (Å²) in [6.45, 7) is 9.52. The van der Waals surface area contributed by atoms with E-state index >= 15 is 0 Å². The molecule has 0 aromatic heterocycles. The summed E-state index contributed by atoms with van der Waals surface area (Å²) < 4.78 is 68.4. The van der Waals surface area contributed by atoms with Gasteiger partial charge in [0.2, 0.25) is 0 Å². The molecular weight excluding hydrogens is 1210 g/mol. The number of unbranched alkanes of at least 4 members (excludes halogenated alkanes) is 41. The quantitative estimate of drug-likeness (QED) is 0.0222. The van der Waals surface area contributed by atoms with Crippen molar-refractivity contribution in [3.05, 3.63) is 0 Å². The fraction of sp³-hybridized carbons (Fsp3) is 0.945. The van der Waals surface area contributed by atoms with Crippen molar-refractivity contribution < 1.29 is 80.2 Å². The van der Waals surface area contributed by atoms with Gasteiger partial charge in [-0.25, -0.2) is 9.13 Å². The fourth-order valence-corrected chi connectivity index (χ4v) is 12.7. The smallest absolute Gasteiger partial charge is 0.462 e. The molecule has 0 rings (SSSR count). The van der Waals surface area contributed by atoms with Gasteiger partial charge in [-0.2, -0.15) is 0 Å². The van der Waals surface area contributed by atoms with Gasteiger partial charge in [0.15, 0.2) is 12.2 Å². The summed E-state index contributed by atoms with van der Waals surface area (Å²) >= 11 is 0. The minimum Gasteiger partial charge on any atom is -0.462 e. The van der Waals surface area contributed by atoms with E-state index in [9.17, 15) is 43.2 Å². The van der Waals surface area contributed by atoms with Crippen LogP contribution in [0.3, 0.4) is 0 Å². The number of hydrogen-bond donors (Lipinski definition) is 3. The second-order valence-corrected chi connectivity index (χ2v) is 30.0. The Morgan fingerprint density at radius 3 is 0.826 bits per heavy atom. The van der Waals surface area contributed by atoms with Gasteiger partial charge in [0.1, 0.15) is 19.3 Å². The van der Waals surface area contributed by atoms with Crippen molar-refractivity contribution in [2.24, 2.45) is 11.8 Å². The van der Waals surface area contributed by atoms with Gasteiger partial charge in [-0.3, -0.25) is 37.3 Å². The second-order valence-electron chi connectivity index (χ2n) is 27.1. The first-order valence-electron chi connectivity index (χ1n) is 38.0. The van der Waals surface area contributed by atoms with Crippen molar-refractivity contribution >= 4 is 39.5 Å². The van der Waals surface area contributed by atoms with E-state index in [-0.39, 0.29) is 25.7 Å². The molecule has 92 heavy (non-hydrogen) atoms. The number of esters is 4. The molecular formula is C73H142O17P2. The molecule has 0 aromatic carbocycles. The van der Waals surface area contributed by atoms with Crippen LogP contribution >= 0.6 is 15.6 Å². The van der Waals surface area contributed by atoms with Crippen molar-refractivity contribution in [3.8, 4) is 0 Å². The third-order valence-electron chi connectivity index (χ3n) is 17.3. The maximum absolute atomic E-state index is 13.1. The van der Waals surface area contributed by atoms with Crippen LogP contribution in [-0.2, 0) is 65.4 Å². The summed E-state index contributed by atoms with van der Waals surface area (Å²) in [7, 11) is -9.90. The van der Waals surface area contributed by atoms with Gasteiger partial charge in [-0.15, -0.1) is 0 Å². The van der Waals surface area contributed by atoms with E-state index in [1.807, 2.05) is 0 Å². The summed E-state index contributed by atoms with van der Waals surface area (Å²) in [4.78, 5) is 72.7. The Morgan fingerprint density at radius 2 is 0.554 bits per heavy atom. The molecule has 17 nitrogen and oxygen atoms in total. The molecule has 0 aromatic rings. The SMILES string of the molecule is CCCCCCCCCCCCCCCCCCCCC(=O)O[C@H](COC(=O)CCCCCCCCCCC(C)CC)COP(=O)(O)OC[C@@H](O)COP(=O)(O)OC[C@@H](COC(=O)CCCCCCCCCC(C)C)OC(=O)CCCCCCCCCCCCCC. The number of hydrogen-bond acceptors (Lipinski definition) is 15. The standard InChI is InChI=1S/C73H142O17P2/c1-7-10-12-14-16-18-20-22-23-24-25-26-27-29-31-39-46-52-58-73(78)89-68(61-83-70(75)55-49-43-37-33-32-36-42-48-54-66(6)9-3)63-87-91(79,80)85-59-67(74)60-86-92(81,82)88-64-69(62-84-71(76)56-50-44-40-34-35-41-47-53-65(4)5)90-72(77)57-51-45-38-30-28-21-19-17-15-13-11-8-2/h65-69,74H,7-64H2,1-6H3,(H,79,80)(H,81,82)/t66?,67-,68-,69-/m1/s1. The lowest BCUT2D eigenvalue weighted by molar-refractivity contribution is -0.161. The Morgan fingerprint density at radius 1 is 0.315 bits per heavy atom. The van der Waals surface area contributed by atoms with Crippen LogP contribution in [0.1, 0.15) is 375 Å². The van der Waals surface area contributed by atoms with Crippen molar-refractivity contribution in [2.75, 3.05) is 39.6 Å². The molecule has 546 valence electrons. The van der Waals surface area contributed by atoms with Crippen LogP contribution in [0.15, 0.2) is 0 Å². The van der Waals surface area contributed by atoms with Crippen molar-refractivity contribution in [1.29, 1.82) is 0 Å². The second kappa shape index (κ2) is 65.0. The number of phosphoric acid groups is 2. The van der Waals surface area contributed by atoms with E-state index in [0.29, 0.717) is 31.6 Å². The number of phosphoric ester groups is 2. The zero-order valence-corrected chi connectivity index (χ0v) is 61.6. The zero-order valence-electron chi connectivity index (χ0n) is 59.9. The third kappa shape index (κ3) is 65.4. The van der Waals surface area contributed by atoms with E-state index in [1.165, 1.54) is 186 Å². The van der Waals surface area contributed by atoms with Gasteiger partial charge in [-0.05, 0) is 37.5 Å². The molecule has 0 saturated carbocycles. The number of aliphatic hydroxyl groups excluding tert-OH is 1. The van der Waals surface area contributed by atoms with Gasteiger partial charge in [-0.1, -0.05) is 324 Å². The van der Waals surface area contributed by atoms with Crippen LogP contribution < -0.4 is 0 Å². The predicted octanol–water partition coefficient (Wildman–Crippen LogP) is 21.2. The predicted molar refractivity (Wildman–Crippen MR) is 372 cm³/mol. The molecule has 0 saturated heterocycles. The highest BCUT2D eigenvalue weighted by Gasteiger charge is 2.30. The number of carbonyl (C=O) groups excluding carboxylic acids is 4. The minimum atomic E-state index is -4.95. The molecule has 0 heterocycles. The first-order valence-corrected chi connectivity index (χ1v) is 41.0. The monoisotopic (exact) mass is 1350 g/mol. The first-order chi connectivity index (χ1) is 44.4. The van der Waals surface area contributed by atoms with Crippen LogP contribution in [0, 0.1) is 11.8 Å². The Kier molecular flexibility index (Phi) is 63.7. The molecule has 3 unspecified atom stereocenters. The van der Waals surface area contributed by atoms with Crippen molar-refractivity contribution in [1.82, 2.24) is 0 Å². The number of aliphatic hydroxyl groups is 1. The summed E-state index contributed by atoms with van der Waals surface area (Å²) in [6.07, 6.45) is 51.3. The van der Waals surface area contributed by atoms with Gasteiger partial charge < -0.3 is 33.8 Å². The normalized spacial score (nSPS) is 14.4. The van der Waals surface area contributed by atoms with Gasteiger partial charge in [0.05, 0.1) is 26.4 Å². The highest BCUT2D eigenvalue weighted by molar-refractivity contribution is 7.47. The molecule has 6 atom stereocenters. The zero-order chi connectivity index (χ0) is 67.9. The van der Waals surface area contributed by atoms with Gasteiger partial charge >= 0.3 is 39.5 Å². The van der Waals surface area contributed by atoms with Crippen LogP contribution in [-0.4, -0.2) is 96.7 Å². The lowest BCUT2D eigenvalue weighted by atomic mass is 9.99. The lowest BCUT2D eigenvalue weighted by Gasteiger charge is -2.21. The number of carbonyl (C=O) groups is 4. The summed E-state index contributed by atoms with van der Waals surface area (Å²) in [5.41, 5.74) is 0. The van der Waals surface area contributed by atoms with Gasteiger partial charge in [0, 0.05) is 25.7 Å². The molecule has 0 bridgehead atoms. The highest BCUT2D eigenvalue weighted by Crippen LogP contribution is 2.45. The molecule has 0 radical (unpaired) electrons. The topological polar surface area (TPSA) is 237 Å². The Bertz CT molecular complexity index is 1790. The third-order valence-corrected chi connectivity index (χ3v) is 19.2. The highest BCUT2D eigenvalue weighted by atomic mass is 31.2. The molecule has 0 spiro atoms. The van der Waals surface area contributed by atoms with Crippen LogP contribution in [0.5, 0.6) is 0 Å². The largest absolute Gasteiger partial charge is 0.472 e. The fourth-order valence-electron chi connectivity index (χ4n) is 11.1. The van der Waals surface area contributed by atoms with E-state index < -0.39 is 97.5 Å². The molecule has 19 heteroatoms. The van der Waals surface area contributed by atoms with E-state index in [2.05, 4.69) is 41.5 Å². The molecule has 0 aliphatic rings. The maximum atomic E-state index is 13.1. The summed E-state index contributed by atoms with van der Waals surface area (Å²) in [6, 6.07) is 0. The molecule has 0 aliphatic carbocycles. The molecule has 0 fully saturated rings. The average molecular weight is 1350 g/mol. The van der Waals surface area contributed by atoms with Gasteiger partial charge in [0.25, 0.3) is 0 Å². The van der Waals surface area contributed by atoms with Crippen LogP contribution in [0.25, 0.3) is 0 Å². The maximum Gasteiger partial charge on any atom is 0.472 e. The molecule has 3 N–H and O–H groups in total. The average Bonchev–Trinajstić information content (AvgIpc) is 1.75. The number of ether oxygens (including phenoxy) is 4. The van der Waals surface area contributed by atoms with Crippen molar-refractivity contribution in [3.63, 3.8) is 0 Å². The van der Waals surface area contributed by atoms with Crippen molar-refractivity contribution in [2.45, 2.75) is 394 Å². The number of rotatable bonds is 72. The summed E-state index contributed by atoms with van der Waals surface area (Å²) in [5.74, 6) is -0.637. The molecule has 0 aliphatic heterocycles. The molecule has 0 amide bonds. The van der Waals surface area contributed by atoms with E-state index in [4.69, 9.17) is 37.0 Å². The summed E-state index contributed by atoms with van der Waals surface area (Å²) in [5, 5.41) is 10.6. The Labute approximate surface area is 562 Å². The Balaban J connectivity index is 5.23. The minimum absolute atomic E-state index is 0.106. The van der Waals surface area contributed by atoms with Crippen LogP contribution in [0.2, 0.25) is 0 Å². The Hall–Kier alpha value is -1.94. The lowest BCUT2D eigenvalue weighted by Crippen LogP contribution is -2.30. The first kappa shape index (κ1) is 90.1. The van der Waals surface area contributed by atoms with E-state index in [0.717, 1.165) is 102 Å².